The molecule has 1 saturated heterocycles. The van der Waals surface area contributed by atoms with Crippen LogP contribution in [0.3, 0.4) is 0 Å². The number of halogens is 1. The van der Waals surface area contributed by atoms with Crippen molar-refractivity contribution in [2.75, 3.05) is 7.11 Å². The summed E-state index contributed by atoms with van der Waals surface area (Å²) in [6, 6.07) is 5.87. The van der Waals surface area contributed by atoms with E-state index in [1.54, 1.807) is 24.4 Å². The number of furan rings is 1. The van der Waals surface area contributed by atoms with Crippen molar-refractivity contribution < 1.29 is 28.2 Å². The van der Waals surface area contributed by atoms with Gasteiger partial charge in [-0.05, 0) is 24.3 Å². The summed E-state index contributed by atoms with van der Waals surface area (Å²) < 4.78 is 26.3. The molecule has 0 unspecified atom stereocenters. The number of methoxy groups -OCH3 is 1. The molecule has 3 amide bonds. The lowest BCUT2D eigenvalue weighted by atomic mass is 9.96. The Bertz CT molecular complexity index is 1340. The topological polar surface area (TPSA) is 119 Å². The van der Waals surface area contributed by atoms with Crippen LogP contribution >= 0.6 is 0 Å². The fourth-order valence-electron chi connectivity index (χ4n) is 3.72. The Kier molecular flexibility index (Phi) is 3.72. The molecule has 3 N–H and O–H groups in total. The predicted molar refractivity (Wildman–Crippen MR) is 102 cm³/mol. The van der Waals surface area contributed by atoms with E-state index in [4.69, 9.17) is 9.15 Å². The maximum atomic E-state index is 14.1. The van der Waals surface area contributed by atoms with Crippen LogP contribution in [0.4, 0.5) is 9.18 Å². The Morgan fingerprint density at radius 2 is 2.10 bits per heavy atom. The third-order valence-corrected chi connectivity index (χ3v) is 5.22. The largest absolute Gasteiger partial charge is 0.497 e. The second kappa shape index (κ2) is 6.21. The van der Waals surface area contributed by atoms with Crippen molar-refractivity contribution in [1.29, 1.82) is 0 Å². The first-order chi connectivity index (χ1) is 14.4. The number of amides is 3. The molecular formula is C20H15FN4O5. The van der Waals surface area contributed by atoms with Gasteiger partial charge in [0.25, 0.3) is 5.91 Å². The number of carbonyl (C=O) groups is 2. The van der Waals surface area contributed by atoms with E-state index in [0.29, 0.717) is 21.9 Å². The number of urea groups is 1. The van der Waals surface area contributed by atoms with E-state index in [2.05, 4.69) is 15.6 Å². The monoisotopic (exact) mass is 410 g/mol. The molecule has 5 rings (SSSR count). The molecule has 1 aliphatic rings. The van der Waals surface area contributed by atoms with E-state index >= 15 is 0 Å². The molecule has 30 heavy (non-hydrogen) atoms. The SMILES string of the molecule is COc1ccc2cn(C[C@@]3(c4cc5cncc(F)c5o4)NC(=O)NC3=O)c(O)c2c1. The number of imide groups is 1. The first-order valence-corrected chi connectivity index (χ1v) is 8.94. The van der Waals surface area contributed by atoms with Crippen LogP contribution in [-0.2, 0) is 16.9 Å². The number of benzene rings is 1. The van der Waals surface area contributed by atoms with Gasteiger partial charge in [0.15, 0.2) is 22.8 Å². The van der Waals surface area contributed by atoms with E-state index in [1.807, 2.05) is 0 Å². The standard InChI is InChI=1S/C20H15FN4O5/c1-29-12-3-2-10-8-25(17(26)13(10)5-12)9-20(18(27)23-19(28)24-20)15-4-11-6-22-7-14(21)16(11)30-15/h2-8,26H,9H2,1H3,(H2,23,24,27,28)/t20-/m0/s1. The van der Waals surface area contributed by atoms with E-state index in [0.717, 1.165) is 6.20 Å². The number of aromatic nitrogens is 2. The second-order valence-corrected chi connectivity index (χ2v) is 7.00. The Morgan fingerprint density at radius 1 is 1.27 bits per heavy atom. The molecule has 9 nitrogen and oxygen atoms in total. The fraction of sp³-hybridized carbons (Fsp3) is 0.150. The normalized spacial score (nSPS) is 18.7. The van der Waals surface area contributed by atoms with Crippen LogP contribution in [0.5, 0.6) is 11.6 Å². The van der Waals surface area contributed by atoms with Crippen molar-refractivity contribution in [2.45, 2.75) is 12.1 Å². The summed E-state index contributed by atoms with van der Waals surface area (Å²) in [5.74, 6) is -0.934. The van der Waals surface area contributed by atoms with E-state index < -0.39 is 23.3 Å². The molecule has 3 aromatic heterocycles. The summed E-state index contributed by atoms with van der Waals surface area (Å²) in [6.45, 7) is -0.192. The van der Waals surface area contributed by atoms with Gasteiger partial charge < -0.3 is 24.1 Å². The molecular weight excluding hydrogens is 395 g/mol. The van der Waals surface area contributed by atoms with Crippen molar-refractivity contribution in [1.82, 2.24) is 20.2 Å². The number of nitrogens with zero attached hydrogens (tertiary/aromatic N) is 2. The van der Waals surface area contributed by atoms with Crippen LogP contribution in [0.15, 0.2) is 47.3 Å². The molecule has 0 saturated carbocycles. The van der Waals surface area contributed by atoms with Gasteiger partial charge in [0.05, 0.1) is 19.9 Å². The van der Waals surface area contributed by atoms with Gasteiger partial charge >= 0.3 is 6.03 Å². The molecule has 1 aliphatic heterocycles. The van der Waals surface area contributed by atoms with Gasteiger partial charge in [-0.3, -0.25) is 15.1 Å². The lowest BCUT2D eigenvalue weighted by molar-refractivity contribution is -0.125. The van der Waals surface area contributed by atoms with Gasteiger partial charge in [-0.25, -0.2) is 9.18 Å². The zero-order valence-electron chi connectivity index (χ0n) is 15.6. The van der Waals surface area contributed by atoms with Gasteiger partial charge in [-0.2, -0.15) is 0 Å². The molecule has 4 aromatic rings. The lowest BCUT2D eigenvalue weighted by Gasteiger charge is -2.24. The molecule has 0 bridgehead atoms. The van der Waals surface area contributed by atoms with Crippen molar-refractivity contribution >= 4 is 33.7 Å². The number of nitrogens with one attached hydrogen (secondary N) is 2. The van der Waals surface area contributed by atoms with Crippen molar-refractivity contribution in [2.24, 2.45) is 0 Å². The van der Waals surface area contributed by atoms with Gasteiger partial charge in [0.1, 0.15) is 11.5 Å². The number of aromatic hydroxyl groups is 1. The Morgan fingerprint density at radius 3 is 2.80 bits per heavy atom. The van der Waals surface area contributed by atoms with Gasteiger partial charge in [0.2, 0.25) is 0 Å². The fourth-order valence-corrected chi connectivity index (χ4v) is 3.72. The van der Waals surface area contributed by atoms with Crippen LogP contribution in [0.1, 0.15) is 5.76 Å². The predicted octanol–water partition coefficient (Wildman–Crippen LogP) is 2.37. The number of rotatable bonds is 4. The highest BCUT2D eigenvalue weighted by Crippen LogP contribution is 2.36. The van der Waals surface area contributed by atoms with Crippen LogP contribution in [0.2, 0.25) is 0 Å². The zero-order chi connectivity index (χ0) is 21.0. The van der Waals surface area contributed by atoms with E-state index in [1.165, 1.54) is 23.9 Å². The molecule has 10 heteroatoms. The maximum Gasteiger partial charge on any atom is 0.322 e. The maximum absolute atomic E-state index is 14.1. The van der Waals surface area contributed by atoms with Gasteiger partial charge in [0, 0.05) is 28.6 Å². The summed E-state index contributed by atoms with van der Waals surface area (Å²) in [5.41, 5.74) is -1.78. The third kappa shape index (κ3) is 2.50. The molecule has 1 atom stereocenters. The molecule has 4 heterocycles. The number of fused-ring (bicyclic) bond motifs is 2. The Labute approximate surface area is 168 Å². The first kappa shape index (κ1) is 18.0. The van der Waals surface area contributed by atoms with Crippen LogP contribution in [-0.4, -0.2) is 33.7 Å². The second-order valence-electron chi connectivity index (χ2n) is 7.00. The van der Waals surface area contributed by atoms with Gasteiger partial charge in [-0.15, -0.1) is 0 Å². The first-order valence-electron chi connectivity index (χ1n) is 8.94. The van der Waals surface area contributed by atoms with Crippen LogP contribution in [0.25, 0.3) is 21.7 Å². The third-order valence-electron chi connectivity index (χ3n) is 5.22. The lowest BCUT2D eigenvalue weighted by Crippen LogP contribution is -2.47. The van der Waals surface area contributed by atoms with Crippen molar-refractivity contribution in [3.05, 3.63) is 54.4 Å². The number of hydrogen-bond donors (Lipinski definition) is 3. The van der Waals surface area contributed by atoms with Crippen LogP contribution < -0.4 is 15.4 Å². The van der Waals surface area contributed by atoms with Crippen LogP contribution in [0, 0.1) is 5.82 Å². The average molecular weight is 410 g/mol. The molecule has 152 valence electrons. The van der Waals surface area contributed by atoms with E-state index in [9.17, 15) is 19.1 Å². The van der Waals surface area contributed by atoms with Crippen molar-refractivity contribution in [3.63, 3.8) is 0 Å². The summed E-state index contributed by atoms with van der Waals surface area (Å²) in [6.07, 6.45) is 4.02. The Hall–Kier alpha value is -4.08. The number of carbonyl (C=O) groups excluding carboxylic acids is 2. The zero-order valence-corrected chi connectivity index (χ0v) is 15.6. The molecule has 0 radical (unpaired) electrons. The molecule has 0 aliphatic carbocycles. The highest BCUT2D eigenvalue weighted by Gasteiger charge is 2.51. The quantitative estimate of drug-likeness (QED) is 0.445. The van der Waals surface area contributed by atoms with Crippen molar-refractivity contribution in [3.8, 4) is 11.6 Å². The highest BCUT2D eigenvalue weighted by molar-refractivity contribution is 6.07. The Balaban J connectivity index is 1.66. The average Bonchev–Trinajstić information content (AvgIpc) is 3.38. The number of ether oxygens (including phenoxy) is 1. The molecule has 0 spiro atoms. The molecule has 1 fully saturated rings. The molecule has 1 aromatic carbocycles. The highest BCUT2D eigenvalue weighted by atomic mass is 19.1. The summed E-state index contributed by atoms with van der Waals surface area (Å²) in [5, 5.41) is 17.0. The smallest absolute Gasteiger partial charge is 0.322 e. The minimum absolute atomic E-state index is 0.0162. The van der Waals surface area contributed by atoms with E-state index in [-0.39, 0.29) is 23.8 Å². The minimum atomic E-state index is -1.70. The summed E-state index contributed by atoms with van der Waals surface area (Å²) in [7, 11) is 1.51. The summed E-state index contributed by atoms with van der Waals surface area (Å²) in [4.78, 5) is 28.6. The minimum Gasteiger partial charge on any atom is -0.497 e. The van der Waals surface area contributed by atoms with Gasteiger partial charge in [-0.1, -0.05) is 0 Å². The number of pyridine rings is 1. The number of hydrogen-bond acceptors (Lipinski definition) is 6. The summed E-state index contributed by atoms with van der Waals surface area (Å²) >= 11 is 0.